The molecule has 0 spiro atoms. The molecule has 0 aromatic heterocycles. The van der Waals surface area contributed by atoms with E-state index in [1.165, 1.54) is 47.0 Å². The molecule has 0 amide bonds. The second-order valence-electron chi connectivity index (χ2n) is 7.11. The van der Waals surface area contributed by atoms with Gasteiger partial charge in [0.2, 0.25) is 0 Å². The third-order valence-electron chi connectivity index (χ3n) is 4.20. The number of hydrogen-bond acceptors (Lipinski definition) is 12. The number of esters is 4. The number of carbonyl (C=O) groups excluding carboxylic acids is 4. The Morgan fingerprint density at radius 3 is 0.879 bits per heavy atom. The Bertz CT molecular complexity index is 487. The highest BCUT2D eigenvalue weighted by atomic mass is 32.2. The number of rotatable bonds is 20. The Hall–Kier alpha value is -0.720. The molecule has 0 aromatic carbocycles. The number of carbonyl (C=O) groups is 4. The Kier molecular flexibility index (Phi) is 20.2. The summed E-state index contributed by atoms with van der Waals surface area (Å²) in [6, 6.07) is 0. The molecular weight excluding hydrogens is 508 g/mol. The molecule has 0 unspecified atom stereocenters. The third kappa shape index (κ3) is 17.4. The summed E-state index contributed by atoms with van der Waals surface area (Å²) in [6.07, 6.45) is 8.39. The first-order chi connectivity index (χ1) is 15.8. The molecule has 0 atom stereocenters. The maximum Gasteiger partial charge on any atom is 0.306 e. The minimum atomic E-state index is -1.19. The van der Waals surface area contributed by atoms with Crippen molar-refractivity contribution in [2.45, 2.75) is 25.7 Å². The van der Waals surface area contributed by atoms with E-state index in [1.54, 1.807) is 0 Å². The molecule has 0 fully saturated rings. The van der Waals surface area contributed by atoms with E-state index >= 15 is 0 Å². The van der Waals surface area contributed by atoms with Crippen LogP contribution in [0.5, 0.6) is 0 Å². The highest BCUT2D eigenvalue weighted by Crippen LogP contribution is 2.23. The topological polar surface area (TPSA) is 105 Å². The Balaban J connectivity index is 5.42. The second kappa shape index (κ2) is 20.6. The van der Waals surface area contributed by atoms with Crippen LogP contribution in [-0.2, 0) is 38.1 Å². The van der Waals surface area contributed by atoms with Crippen molar-refractivity contribution in [1.29, 1.82) is 0 Å². The standard InChI is InChI=1S/C21H36O8S4/c1-30-9-5-17(22)26-13-21(14-27-18(23)6-10-31-2,15-28-19(24)7-11-32-3)16-29-20(25)8-12-33-4/h5-16H2,1-4H3. The molecule has 0 heterocycles. The van der Waals surface area contributed by atoms with E-state index in [4.69, 9.17) is 18.9 Å². The Morgan fingerprint density at radius 1 is 0.485 bits per heavy atom. The fourth-order valence-electron chi connectivity index (χ4n) is 2.21. The highest BCUT2D eigenvalue weighted by molar-refractivity contribution is 7.99. The van der Waals surface area contributed by atoms with Crippen molar-refractivity contribution in [3.63, 3.8) is 0 Å². The summed E-state index contributed by atoms with van der Waals surface area (Å²) in [5.74, 6) is 0.696. The lowest BCUT2D eigenvalue weighted by molar-refractivity contribution is -0.170. The molecular formula is C21H36O8S4. The first-order valence-corrected chi connectivity index (χ1v) is 16.0. The summed E-state index contributed by atoms with van der Waals surface area (Å²) in [7, 11) is 0. The van der Waals surface area contributed by atoms with Gasteiger partial charge in [0.15, 0.2) is 0 Å². The quantitative estimate of drug-likeness (QED) is 0.166. The van der Waals surface area contributed by atoms with Crippen molar-refractivity contribution in [3.8, 4) is 0 Å². The zero-order valence-corrected chi connectivity index (χ0v) is 23.2. The molecule has 0 aliphatic carbocycles. The van der Waals surface area contributed by atoms with Crippen LogP contribution in [0, 0.1) is 5.41 Å². The van der Waals surface area contributed by atoms with Gasteiger partial charge in [-0.15, -0.1) is 0 Å². The second-order valence-corrected chi connectivity index (χ2v) is 11.1. The molecule has 0 rings (SSSR count). The molecule has 8 nitrogen and oxygen atoms in total. The molecule has 0 saturated heterocycles. The maximum absolute atomic E-state index is 12.1. The van der Waals surface area contributed by atoms with Crippen LogP contribution in [-0.4, -0.2) is 98.3 Å². The minimum absolute atomic E-state index is 0.207. The van der Waals surface area contributed by atoms with Gasteiger partial charge in [0.1, 0.15) is 31.8 Å². The van der Waals surface area contributed by atoms with Gasteiger partial charge in [0.05, 0.1) is 25.7 Å². The van der Waals surface area contributed by atoms with Crippen molar-refractivity contribution in [2.24, 2.45) is 5.41 Å². The summed E-state index contributed by atoms with van der Waals surface area (Å²) < 4.78 is 21.6. The minimum Gasteiger partial charge on any atom is -0.465 e. The summed E-state index contributed by atoms with van der Waals surface area (Å²) in [5, 5.41) is 0. The van der Waals surface area contributed by atoms with Gasteiger partial charge in [-0.1, -0.05) is 0 Å². The van der Waals surface area contributed by atoms with Gasteiger partial charge < -0.3 is 18.9 Å². The fourth-order valence-corrected chi connectivity index (χ4v) is 3.70. The highest BCUT2D eigenvalue weighted by Gasteiger charge is 2.38. The summed E-state index contributed by atoms with van der Waals surface area (Å²) in [5.41, 5.74) is -1.19. The predicted octanol–water partition coefficient (Wildman–Crippen LogP) is 3.16. The number of ether oxygens (including phenoxy) is 4. The molecule has 0 N–H and O–H groups in total. The maximum atomic E-state index is 12.1. The normalized spacial score (nSPS) is 11.0. The predicted molar refractivity (Wildman–Crippen MR) is 138 cm³/mol. The van der Waals surface area contributed by atoms with Crippen molar-refractivity contribution >= 4 is 70.9 Å². The average molecular weight is 545 g/mol. The lowest BCUT2D eigenvalue weighted by atomic mass is 9.92. The van der Waals surface area contributed by atoms with Gasteiger partial charge in [0, 0.05) is 23.0 Å². The van der Waals surface area contributed by atoms with Crippen molar-refractivity contribution in [2.75, 3.05) is 74.5 Å². The van der Waals surface area contributed by atoms with E-state index in [0.29, 0.717) is 23.0 Å². The van der Waals surface area contributed by atoms with E-state index in [2.05, 4.69) is 0 Å². The Labute approximate surface area is 214 Å². The van der Waals surface area contributed by atoms with Crippen LogP contribution in [0.1, 0.15) is 25.7 Å². The van der Waals surface area contributed by atoms with Crippen LogP contribution in [0.2, 0.25) is 0 Å². The van der Waals surface area contributed by atoms with Gasteiger partial charge >= 0.3 is 23.9 Å². The zero-order chi connectivity index (χ0) is 25.0. The van der Waals surface area contributed by atoms with Crippen molar-refractivity contribution in [3.05, 3.63) is 0 Å². The van der Waals surface area contributed by atoms with Gasteiger partial charge in [-0.2, -0.15) is 47.0 Å². The molecule has 0 aromatic rings. The molecule has 0 aliphatic heterocycles. The van der Waals surface area contributed by atoms with E-state index in [-0.39, 0.29) is 52.1 Å². The van der Waals surface area contributed by atoms with Gasteiger partial charge in [-0.05, 0) is 25.0 Å². The lowest BCUT2D eigenvalue weighted by Crippen LogP contribution is -2.44. The first-order valence-electron chi connectivity index (χ1n) is 10.4. The largest absolute Gasteiger partial charge is 0.465 e. The van der Waals surface area contributed by atoms with Crippen molar-refractivity contribution in [1.82, 2.24) is 0 Å². The molecule has 0 bridgehead atoms. The summed E-state index contributed by atoms with van der Waals surface area (Å²) in [6.45, 7) is -0.827. The number of thioether (sulfide) groups is 4. The van der Waals surface area contributed by atoms with Gasteiger partial charge in [0.25, 0.3) is 0 Å². The van der Waals surface area contributed by atoms with Crippen LogP contribution < -0.4 is 0 Å². The molecule has 0 radical (unpaired) electrons. The summed E-state index contributed by atoms with van der Waals surface area (Å²) >= 11 is 6.05. The van der Waals surface area contributed by atoms with E-state index < -0.39 is 29.3 Å². The average Bonchev–Trinajstić information content (AvgIpc) is 2.82. The van der Waals surface area contributed by atoms with Gasteiger partial charge in [-0.3, -0.25) is 19.2 Å². The Morgan fingerprint density at radius 2 is 0.697 bits per heavy atom. The van der Waals surface area contributed by atoms with Crippen LogP contribution >= 0.6 is 47.0 Å². The smallest absolute Gasteiger partial charge is 0.306 e. The monoisotopic (exact) mass is 544 g/mol. The molecule has 12 heteroatoms. The van der Waals surface area contributed by atoms with Crippen molar-refractivity contribution < 1.29 is 38.1 Å². The zero-order valence-electron chi connectivity index (χ0n) is 19.9. The van der Waals surface area contributed by atoms with Crippen LogP contribution in [0.15, 0.2) is 0 Å². The third-order valence-corrected chi connectivity index (χ3v) is 6.65. The van der Waals surface area contributed by atoms with E-state index in [0.717, 1.165) is 0 Å². The van der Waals surface area contributed by atoms with E-state index in [9.17, 15) is 19.2 Å². The molecule has 192 valence electrons. The van der Waals surface area contributed by atoms with E-state index in [1.807, 2.05) is 25.0 Å². The molecule has 33 heavy (non-hydrogen) atoms. The number of hydrogen-bond donors (Lipinski definition) is 0. The van der Waals surface area contributed by atoms with Crippen LogP contribution in [0.4, 0.5) is 0 Å². The van der Waals surface area contributed by atoms with Crippen LogP contribution in [0.3, 0.4) is 0 Å². The fraction of sp³-hybridized carbons (Fsp3) is 0.810. The van der Waals surface area contributed by atoms with Crippen LogP contribution in [0.25, 0.3) is 0 Å². The SMILES string of the molecule is CSCCC(=O)OCC(COC(=O)CCSC)(COC(=O)CCSC)COC(=O)CCSC. The molecule has 0 saturated carbocycles. The first kappa shape index (κ1) is 32.3. The summed E-state index contributed by atoms with van der Waals surface area (Å²) in [4.78, 5) is 48.5. The molecule has 0 aliphatic rings. The van der Waals surface area contributed by atoms with Gasteiger partial charge in [-0.25, -0.2) is 0 Å². The lowest BCUT2D eigenvalue weighted by Gasteiger charge is -2.31.